The van der Waals surface area contributed by atoms with E-state index in [1.807, 2.05) is 0 Å². The number of rotatable bonds is 2. The van der Waals surface area contributed by atoms with E-state index in [0.717, 1.165) is 30.8 Å². The Labute approximate surface area is 127 Å². The van der Waals surface area contributed by atoms with Crippen LogP contribution in [0.15, 0.2) is 6.07 Å². The molecule has 21 heavy (non-hydrogen) atoms. The highest BCUT2D eigenvalue weighted by atomic mass is 35.5. The van der Waals surface area contributed by atoms with Crippen molar-refractivity contribution in [2.75, 3.05) is 26.8 Å². The number of nitrogens with zero attached hydrogens (tertiary/aromatic N) is 2. The minimum atomic E-state index is -0.0348. The molecule has 2 saturated heterocycles. The zero-order valence-corrected chi connectivity index (χ0v) is 12.4. The zero-order chi connectivity index (χ0) is 14.6. The van der Waals surface area contributed by atoms with Gasteiger partial charge < -0.3 is 14.8 Å². The number of carbonyl (C=O) groups is 1. The van der Waals surface area contributed by atoms with Gasteiger partial charge in [-0.25, -0.2) is 4.98 Å². The molecule has 1 aromatic rings. The highest BCUT2D eigenvalue weighted by Gasteiger charge is 2.51. The number of nitrogens with one attached hydrogen (secondary N) is 1. The smallest absolute Gasteiger partial charge is 0.223 e. The van der Waals surface area contributed by atoms with E-state index in [9.17, 15) is 4.79 Å². The van der Waals surface area contributed by atoms with E-state index in [1.54, 1.807) is 13.2 Å². The summed E-state index contributed by atoms with van der Waals surface area (Å²) < 4.78 is 11.1. The molecule has 3 aliphatic heterocycles. The van der Waals surface area contributed by atoms with Gasteiger partial charge in [0.05, 0.1) is 24.3 Å². The Kier molecular flexibility index (Phi) is 2.81. The molecule has 0 aliphatic carbocycles. The van der Waals surface area contributed by atoms with Crippen molar-refractivity contribution in [3.05, 3.63) is 16.8 Å². The first kappa shape index (κ1) is 13.2. The van der Waals surface area contributed by atoms with Gasteiger partial charge in [0.1, 0.15) is 17.5 Å². The highest BCUT2D eigenvalue weighted by Crippen LogP contribution is 2.46. The van der Waals surface area contributed by atoms with Gasteiger partial charge in [0.15, 0.2) is 0 Å². The van der Waals surface area contributed by atoms with E-state index < -0.39 is 0 Å². The Bertz CT molecular complexity index is 616. The number of methoxy groups -OCH3 is 1. The van der Waals surface area contributed by atoms with Crippen LogP contribution in [0.2, 0.25) is 5.15 Å². The number of halogens is 1. The average Bonchev–Trinajstić information content (AvgIpc) is 2.99. The molecule has 1 spiro atoms. The molecule has 0 aromatic carbocycles. The summed E-state index contributed by atoms with van der Waals surface area (Å²) in [6.45, 7) is 2.26. The van der Waals surface area contributed by atoms with Crippen LogP contribution in [-0.2, 0) is 4.79 Å². The molecule has 6 nitrogen and oxygen atoms in total. The molecule has 112 valence electrons. The number of amides is 1. The van der Waals surface area contributed by atoms with Crippen molar-refractivity contribution in [2.45, 2.75) is 24.4 Å². The molecule has 0 radical (unpaired) electrons. The van der Waals surface area contributed by atoms with Crippen LogP contribution in [0, 0.1) is 0 Å². The Balaban J connectivity index is 1.57. The molecule has 7 heteroatoms. The third-order valence-corrected chi connectivity index (χ3v) is 4.76. The monoisotopic (exact) mass is 309 g/mol. The van der Waals surface area contributed by atoms with Crippen molar-refractivity contribution in [2.24, 2.45) is 0 Å². The number of ether oxygens (including phenoxy) is 2. The number of aromatic nitrogens is 1. The second-order valence-corrected chi connectivity index (χ2v) is 6.31. The molecular formula is C14H16ClN3O3. The van der Waals surface area contributed by atoms with Crippen LogP contribution in [-0.4, -0.2) is 48.1 Å². The molecule has 4 heterocycles. The first-order chi connectivity index (χ1) is 10.1. The first-order valence-corrected chi connectivity index (χ1v) is 7.40. The van der Waals surface area contributed by atoms with Crippen molar-refractivity contribution in [3.8, 4) is 11.6 Å². The molecule has 2 fully saturated rings. The summed E-state index contributed by atoms with van der Waals surface area (Å²) in [6, 6.07) is 1.84. The fourth-order valence-corrected chi connectivity index (χ4v) is 3.74. The molecular weight excluding hydrogens is 294 g/mol. The van der Waals surface area contributed by atoms with Gasteiger partial charge in [0.25, 0.3) is 0 Å². The van der Waals surface area contributed by atoms with Crippen molar-refractivity contribution in [3.63, 3.8) is 0 Å². The zero-order valence-electron chi connectivity index (χ0n) is 11.7. The molecule has 3 aliphatic rings. The molecule has 1 atom stereocenters. The van der Waals surface area contributed by atoms with Crippen LogP contribution in [0.5, 0.6) is 11.6 Å². The second-order valence-electron chi connectivity index (χ2n) is 5.93. The Morgan fingerprint density at radius 2 is 2.38 bits per heavy atom. The summed E-state index contributed by atoms with van der Waals surface area (Å²) in [5.74, 6) is 1.42. The van der Waals surface area contributed by atoms with E-state index in [1.165, 1.54) is 0 Å². The van der Waals surface area contributed by atoms with Crippen LogP contribution in [0.25, 0.3) is 0 Å². The summed E-state index contributed by atoms with van der Waals surface area (Å²) in [5.41, 5.74) is 0.925. The van der Waals surface area contributed by atoms with Gasteiger partial charge in [-0.2, -0.15) is 0 Å². The normalized spacial score (nSPS) is 26.2. The maximum Gasteiger partial charge on any atom is 0.223 e. The summed E-state index contributed by atoms with van der Waals surface area (Å²) >= 11 is 5.96. The number of hydrogen-bond acceptors (Lipinski definition) is 5. The molecule has 0 bridgehead atoms. The van der Waals surface area contributed by atoms with Crippen LogP contribution < -0.4 is 14.8 Å². The van der Waals surface area contributed by atoms with Crippen LogP contribution >= 0.6 is 11.6 Å². The lowest BCUT2D eigenvalue weighted by Crippen LogP contribution is -2.67. The maximum absolute atomic E-state index is 11.4. The first-order valence-electron chi connectivity index (χ1n) is 7.02. The van der Waals surface area contributed by atoms with Gasteiger partial charge in [-0.1, -0.05) is 11.6 Å². The van der Waals surface area contributed by atoms with Crippen LogP contribution in [0.1, 0.15) is 24.4 Å². The third kappa shape index (κ3) is 1.97. The van der Waals surface area contributed by atoms with Gasteiger partial charge in [-0.15, -0.1) is 0 Å². The molecule has 0 saturated carbocycles. The lowest BCUT2D eigenvalue weighted by atomic mass is 9.86. The van der Waals surface area contributed by atoms with E-state index in [0.29, 0.717) is 24.1 Å². The van der Waals surface area contributed by atoms with Gasteiger partial charge in [0.2, 0.25) is 11.8 Å². The van der Waals surface area contributed by atoms with Crippen LogP contribution in [0.4, 0.5) is 0 Å². The minimum absolute atomic E-state index is 0.0348. The Hall–Kier alpha value is -1.53. The van der Waals surface area contributed by atoms with Gasteiger partial charge in [0, 0.05) is 25.6 Å². The summed E-state index contributed by atoms with van der Waals surface area (Å²) in [6.07, 6.45) is 1.55. The predicted molar refractivity (Wildman–Crippen MR) is 75.7 cm³/mol. The molecule has 4 rings (SSSR count). The lowest BCUT2D eigenvalue weighted by Gasteiger charge is -2.50. The summed E-state index contributed by atoms with van der Waals surface area (Å²) in [7, 11) is 1.59. The van der Waals surface area contributed by atoms with Crippen molar-refractivity contribution in [1.29, 1.82) is 0 Å². The molecule has 1 N–H and O–H groups in total. The number of fused-ring (bicyclic) bond motifs is 1. The maximum atomic E-state index is 11.4. The third-order valence-electron chi connectivity index (χ3n) is 4.57. The standard InChI is InChI=1S/C14H16ClN3O3/c1-20-13-12-8(5-21-9(12)4-10(15)16-13)18-6-14(7-18)3-2-11(19)17-14/h4,8H,2-3,5-7H2,1H3,(H,17,19)/t8-/m0/s1. The van der Waals surface area contributed by atoms with Gasteiger partial charge >= 0.3 is 0 Å². The largest absolute Gasteiger partial charge is 0.491 e. The predicted octanol–water partition coefficient (Wildman–Crippen LogP) is 1.14. The summed E-state index contributed by atoms with van der Waals surface area (Å²) in [5, 5.41) is 3.46. The molecule has 1 aromatic heterocycles. The molecule has 1 amide bonds. The number of hydrogen-bond donors (Lipinski definition) is 1. The van der Waals surface area contributed by atoms with Crippen molar-refractivity contribution >= 4 is 17.5 Å². The van der Waals surface area contributed by atoms with E-state index in [2.05, 4.69) is 15.2 Å². The van der Waals surface area contributed by atoms with Gasteiger partial charge in [-0.05, 0) is 6.42 Å². The second kappa shape index (κ2) is 4.48. The number of carbonyl (C=O) groups excluding carboxylic acids is 1. The average molecular weight is 310 g/mol. The SMILES string of the molecule is COc1nc(Cl)cc2c1[C@@H](N1CC3(CCC(=O)N3)C1)CO2. The van der Waals surface area contributed by atoms with E-state index >= 15 is 0 Å². The molecule has 0 unspecified atom stereocenters. The fourth-order valence-electron chi connectivity index (χ4n) is 3.56. The topological polar surface area (TPSA) is 63.7 Å². The lowest BCUT2D eigenvalue weighted by molar-refractivity contribution is -0.121. The van der Waals surface area contributed by atoms with Gasteiger partial charge in [-0.3, -0.25) is 9.69 Å². The van der Waals surface area contributed by atoms with Crippen molar-refractivity contribution in [1.82, 2.24) is 15.2 Å². The van der Waals surface area contributed by atoms with Crippen molar-refractivity contribution < 1.29 is 14.3 Å². The van der Waals surface area contributed by atoms with E-state index in [4.69, 9.17) is 21.1 Å². The minimum Gasteiger partial charge on any atom is -0.491 e. The fraction of sp³-hybridized carbons (Fsp3) is 0.571. The summed E-state index contributed by atoms with van der Waals surface area (Å²) in [4.78, 5) is 17.9. The highest BCUT2D eigenvalue weighted by molar-refractivity contribution is 6.29. The van der Waals surface area contributed by atoms with Crippen LogP contribution in [0.3, 0.4) is 0 Å². The Morgan fingerprint density at radius 3 is 3.05 bits per heavy atom. The number of pyridine rings is 1. The Morgan fingerprint density at radius 1 is 1.57 bits per heavy atom. The van der Waals surface area contributed by atoms with E-state index in [-0.39, 0.29) is 17.5 Å². The number of likely N-dealkylation sites (tertiary alicyclic amines) is 1. The quantitative estimate of drug-likeness (QED) is 0.830.